The minimum atomic E-state index is -1.13. The highest BCUT2D eigenvalue weighted by molar-refractivity contribution is 5.70. The predicted molar refractivity (Wildman–Crippen MR) is 204 cm³/mol. The number of rotatable bonds is 36. The Morgan fingerprint density at radius 1 is 0.580 bits per heavy atom. The lowest BCUT2D eigenvalue weighted by atomic mass is 10.1. The monoisotopic (exact) mass is 708 g/mol. The van der Waals surface area contributed by atoms with Gasteiger partial charge in [0.15, 0.2) is 6.10 Å². The maximum atomic E-state index is 12.6. The number of allylic oxidation sites excluding steroid dienone is 4. The fraction of sp³-hybridized carbons (Fsp3) is 0.833. The van der Waals surface area contributed by atoms with Crippen LogP contribution in [0.2, 0.25) is 0 Å². The van der Waals surface area contributed by atoms with Crippen LogP contribution in [-0.4, -0.2) is 75.5 Å². The molecule has 0 aliphatic heterocycles. The number of nitrogens with zero attached hydrogens (tertiary/aromatic N) is 1. The van der Waals surface area contributed by atoms with E-state index in [9.17, 15) is 19.5 Å². The van der Waals surface area contributed by atoms with Crippen LogP contribution in [0, 0.1) is 0 Å². The second kappa shape index (κ2) is 33.9. The number of ether oxygens (including phenoxy) is 3. The molecule has 8 nitrogen and oxygen atoms in total. The molecule has 292 valence electrons. The Balaban J connectivity index is 4.34. The average Bonchev–Trinajstić information content (AvgIpc) is 3.06. The van der Waals surface area contributed by atoms with Gasteiger partial charge in [-0.15, -0.1) is 0 Å². The van der Waals surface area contributed by atoms with Crippen LogP contribution < -0.4 is 5.11 Å². The molecule has 0 amide bonds. The topological polar surface area (TPSA) is 102 Å². The van der Waals surface area contributed by atoms with E-state index in [4.69, 9.17) is 14.2 Å². The fourth-order valence-electron chi connectivity index (χ4n) is 5.85. The van der Waals surface area contributed by atoms with Crippen molar-refractivity contribution in [1.82, 2.24) is 0 Å². The molecule has 0 saturated heterocycles. The standard InChI is InChI=1S/C42H77NO7/c1-6-8-10-12-14-16-17-18-19-20-21-22-23-24-25-27-29-31-33-41(45)50-38(36-48-35-34-39(42(46)47)43(3,4)5)37-49-40(44)32-30-28-26-15-13-11-9-7-2/h21-22,26,28,38-39H,6-20,23-25,27,29-37H2,1-5H3/b22-21+,28-26+. The lowest BCUT2D eigenvalue weighted by molar-refractivity contribution is -0.889. The first-order valence-electron chi connectivity index (χ1n) is 20.4. The molecule has 0 N–H and O–H groups in total. The average molecular weight is 708 g/mol. The molecular weight excluding hydrogens is 630 g/mol. The van der Waals surface area contributed by atoms with E-state index in [1.807, 2.05) is 6.08 Å². The normalized spacial score (nSPS) is 13.2. The lowest BCUT2D eigenvalue weighted by Crippen LogP contribution is -2.55. The summed E-state index contributed by atoms with van der Waals surface area (Å²) in [5.41, 5.74) is 0. The Bertz CT molecular complexity index is 880. The first-order chi connectivity index (χ1) is 24.1. The van der Waals surface area contributed by atoms with Crippen molar-refractivity contribution in [2.45, 2.75) is 187 Å². The number of hydrogen-bond donors (Lipinski definition) is 0. The second-order valence-corrected chi connectivity index (χ2v) is 14.9. The molecule has 50 heavy (non-hydrogen) atoms. The molecule has 0 radical (unpaired) electrons. The fourth-order valence-corrected chi connectivity index (χ4v) is 5.85. The molecule has 0 aromatic heterocycles. The number of carbonyl (C=O) groups excluding carboxylic acids is 3. The van der Waals surface area contributed by atoms with Crippen molar-refractivity contribution in [3.63, 3.8) is 0 Å². The molecule has 0 aromatic rings. The number of carboxylic acids is 1. The van der Waals surface area contributed by atoms with Crippen LogP contribution >= 0.6 is 0 Å². The van der Waals surface area contributed by atoms with Crippen molar-refractivity contribution in [3.05, 3.63) is 24.3 Å². The van der Waals surface area contributed by atoms with Crippen LogP contribution in [0.4, 0.5) is 0 Å². The Morgan fingerprint density at radius 2 is 1.04 bits per heavy atom. The van der Waals surface area contributed by atoms with E-state index in [0.717, 1.165) is 44.9 Å². The summed E-state index contributed by atoms with van der Waals surface area (Å²) in [5, 5.41) is 11.6. The molecule has 0 bridgehead atoms. The van der Waals surface area contributed by atoms with Gasteiger partial charge in [0.1, 0.15) is 12.6 Å². The van der Waals surface area contributed by atoms with Crippen LogP contribution in [0.5, 0.6) is 0 Å². The van der Waals surface area contributed by atoms with Gasteiger partial charge in [-0.2, -0.15) is 0 Å². The zero-order chi connectivity index (χ0) is 37.1. The molecule has 0 saturated carbocycles. The first-order valence-corrected chi connectivity index (χ1v) is 20.4. The van der Waals surface area contributed by atoms with Crippen molar-refractivity contribution in [2.24, 2.45) is 0 Å². The molecule has 8 heteroatoms. The zero-order valence-electron chi connectivity index (χ0n) is 33.1. The summed E-state index contributed by atoms with van der Waals surface area (Å²) < 4.78 is 17.0. The molecule has 0 heterocycles. The number of likely N-dealkylation sites (N-methyl/N-ethyl adjacent to an activating group) is 1. The summed E-state index contributed by atoms with van der Waals surface area (Å²) in [5.74, 6) is -1.81. The van der Waals surface area contributed by atoms with Crippen LogP contribution in [0.3, 0.4) is 0 Å². The number of esters is 2. The van der Waals surface area contributed by atoms with Gasteiger partial charge < -0.3 is 28.6 Å². The molecule has 0 aromatic carbocycles. The van der Waals surface area contributed by atoms with Crippen LogP contribution in [-0.2, 0) is 28.6 Å². The Hall–Kier alpha value is -2.19. The third-order valence-electron chi connectivity index (χ3n) is 9.07. The lowest BCUT2D eigenvalue weighted by Gasteiger charge is -2.34. The minimum Gasteiger partial charge on any atom is -0.544 e. The smallest absolute Gasteiger partial charge is 0.306 e. The van der Waals surface area contributed by atoms with E-state index >= 15 is 0 Å². The molecular formula is C42H77NO7. The van der Waals surface area contributed by atoms with Gasteiger partial charge >= 0.3 is 11.9 Å². The highest BCUT2D eigenvalue weighted by Gasteiger charge is 2.25. The highest BCUT2D eigenvalue weighted by atomic mass is 16.6. The predicted octanol–water partition coefficient (Wildman–Crippen LogP) is 9.19. The highest BCUT2D eigenvalue weighted by Crippen LogP contribution is 2.13. The summed E-state index contributed by atoms with van der Waals surface area (Å²) in [6.07, 6.45) is 35.1. The van der Waals surface area contributed by atoms with Crippen molar-refractivity contribution >= 4 is 17.9 Å². The Labute approximate surface area is 307 Å². The third kappa shape index (κ3) is 31.8. The number of unbranched alkanes of at least 4 members (excludes halogenated alkanes) is 18. The van der Waals surface area contributed by atoms with Gasteiger partial charge in [-0.25, -0.2) is 0 Å². The van der Waals surface area contributed by atoms with Gasteiger partial charge in [0.25, 0.3) is 0 Å². The van der Waals surface area contributed by atoms with Crippen molar-refractivity contribution in [1.29, 1.82) is 0 Å². The van der Waals surface area contributed by atoms with Gasteiger partial charge in [-0.05, 0) is 51.4 Å². The number of hydrogen-bond acceptors (Lipinski definition) is 7. The van der Waals surface area contributed by atoms with Crippen molar-refractivity contribution in [2.75, 3.05) is 41.0 Å². The molecule has 2 atom stereocenters. The van der Waals surface area contributed by atoms with Crippen molar-refractivity contribution < 1.29 is 38.2 Å². The van der Waals surface area contributed by atoms with E-state index < -0.39 is 18.1 Å². The molecule has 0 spiro atoms. The van der Waals surface area contributed by atoms with Gasteiger partial charge in [0.2, 0.25) is 0 Å². The number of aliphatic carboxylic acids is 1. The van der Waals surface area contributed by atoms with Crippen LogP contribution in [0.25, 0.3) is 0 Å². The maximum absolute atomic E-state index is 12.6. The quantitative estimate of drug-likeness (QED) is 0.0277. The summed E-state index contributed by atoms with van der Waals surface area (Å²) >= 11 is 0. The largest absolute Gasteiger partial charge is 0.544 e. The maximum Gasteiger partial charge on any atom is 0.306 e. The van der Waals surface area contributed by atoms with E-state index in [1.54, 1.807) is 21.1 Å². The number of quaternary nitrogens is 1. The Kier molecular flexibility index (Phi) is 32.4. The van der Waals surface area contributed by atoms with Gasteiger partial charge in [0, 0.05) is 19.3 Å². The molecule has 0 fully saturated rings. The van der Waals surface area contributed by atoms with E-state index in [1.165, 1.54) is 89.9 Å². The number of carbonyl (C=O) groups is 3. The SMILES string of the molecule is CCCCCC/C=C/CCC(=O)OCC(COCCC(C(=O)[O-])[N+](C)(C)C)OC(=O)CCCCCCC/C=C/CCCCCCCCCCC. The Morgan fingerprint density at radius 3 is 1.54 bits per heavy atom. The van der Waals surface area contributed by atoms with Crippen LogP contribution in [0.1, 0.15) is 174 Å². The minimum absolute atomic E-state index is 0.0280. The summed E-state index contributed by atoms with van der Waals surface area (Å²) in [6.45, 7) is 4.56. The first kappa shape index (κ1) is 47.8. The van der Waals surface area contributed by atoms with Gasteiger partial charge in [-0.3, -0.25) is 9.59 Å². The zero-order valence-corrected chi connectivity index (χ0v) is 33.1. The van der Waals surface area contributed by atoms with E-state index in [2.05, 4.69) is 32.1 Å². The van der Waals surface area contributed by atoms with Crippen LogP contribution in [0.15, 0.2) is 24.3 Å². The molecule has 0 rings (SSSR count). The van der Waals surface area contributed by atoms with E-state index in [-0.39, 0.29) is 49.1 Å². The van der Waals surface area contributed by atoms with Crippen molar-refractivity contribution in [3.8, 4) is 0 Å². The summed E-state index contributed by atoms with van der Waals surface area (Å²) in [7, 11) is 5.38. The molecule has 0 aliphatic rings. The molecule has 2 unspecified atom stereocenters. The summed E-state index contributed by atoms with van der Waals surface area (Å²) in [4.78, 5) is 36.6. The van der Waals surface area contributed by atoms with E-state index in [0.29, 0.717) is 12.8 Å². The molecule has 0 aliphatic carbocycles. The number of carboxylic acid groups (broad SMARTS) is 1. The van der Waals surface area contributed by atoms with Gasteiger partial charge in [-0.1, -0.05) is 128 Å². The third-order valence-corrected chi connectivity index (χ3v) is 9.07. The summed E-state index contributed by atoms with van der Waals surface area (Å²) in [6, 6.07) is -0.728. The second-order valence-electron chi connectivity index (χ2n) is 14.9. The van der Waals surface area contributed by atoms with Gasteiger partial charge in [0.05, 0.1) is 40.3 Å².